The summed E-state index contributed by atoms with van der Waals surface area (Å²) < 4.78 is 41.4. The first-order valence-electron chi connectivity index (χ1n) is 10.4. The molecule has 34 heavy (non-hydrogen) atoms. The molecular weight excluding hydrogens is 451 g/mol. The van der Waals surface area contributed by atoms with Crippen molar-refractivity contribution in [1.82, 2.24) is 15.5 Å². The predicted octanol–water partition coefficient (Wildman–Crippen LogP) is 3.57. The SMILES string of the molecule is O=C(Nc1cccc(OC(F)(F)F)c1)c1cccc(C2c3cn[nH]c3N=C3CNCC(=O)C32)c1. The van der Waals surface area contributed by atoms with Gasteiger partial charge < -0.3 is 15.4 Å². The van der Waals surface area contributed by atoms with E-state index in [1.54, 1.807) is 24.4 Å². The first kappa shape index (κ1) is 21.8. The second-order valence-electron chi connectivity index (χ2n) is 7.96. The average Bonchev–Trinajstić information content (AvgIpc) is 3.25. The molecule has 2 unspecified atom stereocenters. The topological polar surface area (TPSA) is 108 Å². The molecular formula is C23H18F3N5O3. The van der Waals surface area contributed by atoms with Crippen molar-refractivity contribution >= 4 is 28.9 Å². The van der Waals surface area contributed by atoms with Gasteiger partial charge in [-0.25, -0.2) is 4.99 Å². The number of Topliss-reactive ketones (excluding diaryl/α,β-unsaturated/α-hetero) is 1. The maximum Gasteiger partial charge on any atom is 0.573 e. The molecule has 0 aliphatic carbocycles. The second kappa shape index (κ2) is 8.41. The first-order chi connectivity index (χ1) is 16.3. The number of benzene rings is 2. The number of halogens is 3. The van der Waals surface area contributed by atoms with Gasteiger partial charge >= 0.3 is 6.36 Å². The van der Waals surface area contributed by atoms with E-state index in [1.165, 1.54) is 12.1 Å². The first-order valence-corrected chi connectivity index (χ1v) is 10.4. The number of aromatic nitrogens is 2. The minimum atomic E-state index is -4.84. The fourth-order valence-corrected chi connectivity index (χ4v) is 4.36. The molecule has 0 saturated carbocycles. The van der Waals surface area contributed by atoms with Crippen molar-refractivity contribution in [2.45, 2.75) is 12.3 Å². The number of fused-ring (bicyclic) bond motifs is 2. The van der Waals surface area contributed by atoms with E-state index in [0.717, 1.165) is 23.3 Å². The number of nitrogens with one attached hydrogen (secondary N) is 3. The summed E-state index contributed by atoms with van der Waals surface area (Å²) in [6.45, 7) is 0.700. The van der Waals surface area contributed by atoms with E-state index in [2.05, 4.69) is 30.6 Å². The molecule has 3 heterocycles. The van der Waals surface area contributed by atoms with Gasteiger partial charge in [-0.05, 0) is 29.8 Å². The molecule has 2 aliphatic heterocycles. The predicted molar refractivity (Wildman–Crippen MR) is 116 cm³/mol. The van der Waals surface area contributed by atoms with Crippen LogP contribution < -0.4 is 15.4 Å². The van der Waals surface area contributed by atoms with Crippen LogP contribution in [0.5, 0.6) is 5.75 Å². The summed E-state index contributed by atoms with van der Waals surface area (Å²) in [5.74, 6) is -1.22. The highest BCUT2D eigenvalue weighted by Gasteiger charge is 2.41. The number of nitrogens with zero attached hydrogens (tertiary/aromatic N) is 2. The summed E-state index contributed by atoms with van der Waals surface area (Å²) in [5, 5.41) is 12.6. The van der Waals surface area contributed by atoms with Crippen molar-refractivity contribution in [1.29, 1.82) is 0 Å². The van der Waals surface area contributed by atoms with Gasteiger partial charge in [-0.1, -0.05) is 18.2 Å². The van der Waals surface area contributed by atoms with E-state index in [9.17, 15) is 22.8 Å². The zero-order chi connectivity index (χ0) is 23.9. The zero-order valence-electron chi connectivity index (χ0n) is 17.5. The van der Waals surface area contributed by atoms with Gasteiger partial charge in [0.05, 0.1) is 18.7 Å². The van der Waals surface area contributed by atoms with Gasteiger partial charge in [0.25, 0.3) is 5.91 Å². The largest absolute Gasteiger partial charge is 0.573 e. The van der Waals surface area contributed by atoms with Crippen molar-refractivity contribution in [3.63, 3.8) is 0 Å². The Morgan fingerprint density at radius 2 is 1.91 bits per heavy atom. The molecule has 3 N–H and O–H groups in total. The third-order valence-corrected chi connectivity index (χ3v) is 5.72. The number of hydrogen-bond donors (Lipinski definition) is 3. The van der Waals surface area contributed by atoms with Crippen LogP contribution in [0.15, 0.2) is 59.7 Å². The molecule has 8 nitrogen and oxygen atoms in total. The van der Waals surface area contributed by atoms with Gasteiger partial charge in [0.15, 0.2) is 11.6 Å². The van der Waals surface area contributed by atoms with Crippen molar-refractivity contribution in [3.05, 3.63) is 71.4 Å². The lowest BCUT2D eigenvalue weighted by molar-refractivity contribution is -0.274. The van der Waals surface area contributed by atoms with Crippen LogP contribution in [0, 0.1) is 5.92 Å². The van der Waals surface area contributed by atoms with Crippen LogP contribution in [0.4, 0.5) is 24.7 Å². The van der Waals surface area contributed by atoms with Crippen LogP contribution in [0.2, 0.25) is 0 Å². The lowest BCUT2D eigenvalue weighted by Crippen LogP contribution is -2.48. The number of ketones is 1. The van der Waals surface area contributed by atoms with Gasteiger partial charge in [0, 0.05) is 41.1 Å². The molecule has 0 radical (unpaired) electrons. The number of hydrogen-bond acceptors (Lipinski definition) is 6. The second-order valence-corrected chi connectivity index (χ2v) is 7.96. The molecule has 2 aromatic carbocycles. The van der Waals surface area contributed by atoms with Gasteiger partial charge in [-0.3, -0.25) is 14.7 Å². The highest BCUT2D eigenvalue weighted by atomic mass is 19.4. The monoisotopic (exact) mass is 469 g/mol. The number of alkyl halides is 3. The molecule has 11 heteroatoms. The van der Waals surface area contributed by atoms with Gasteiger partial charge in [-0.15, -0.1) is 13.2 Å². The molecule has 1 amide bonds. The molecule has 0 bridgehead atoms. The number of ether oxygens (including phenoxy) is 1. The lowest BCUT2D eigenvalue weighted by atomic mass is 9.73. The standard InChI is InChI=1S/C23H18F3N5O3/c24-23(25,26)34-15-6-2-5-14(8-15)29-22(33)13-4-1-3-12(7-13)19-16-9-28-31-21(16)30-17-10-27-11-18(32)20(17)19/h1-9,19-20,27H,10-11H2,(H,28,31)(H,29,33). The normalized spacial score (nSPS) is 19.6. The van der Waals surface area contributed by atoms with Crippen molar-refractivity contribution in [3.8, 4) is 5.75 Å². The van der Waals surface area contributed by atoms with Crippen LogP contribution in [0.1, 0.15) is 27.4 Å². The Morgan fingerprint density at radius 3 is 2.74 bits per heavy atom. The van der Waals surface area contributed by atoms with Crippen LogP contribution in [0.3, 0.4) is 0 Å². The Balaban J connectivity index is 1.43. The number of rotatable bonds is 4. The Morgan fingerprint density at radius 1 is 1.09 bits per heavy atom. The summed E-state index contributed by atoms with van der Waals surface area (Å²) in [4.78, 5) is 30.2. The van der Waals surface area contributed by atoms with E-state index in [4.69, 9.17) is 0 Å². The van der Waals surface area contributed by atoms with Gasteiger partial charge in [0.1, 0.15) is 5.75 Å². The third-order valence-electron chi connectivity index (χ3n) is 5.72. The number of piperidine rings is 1. The summed E-state index contributed by atoms with van der Waals surface area (Å²) in [7, 11) is 0. The molecule has 174 valence electrons. The quantitative estimate of drug-likeness (QED) is 0.542. The van der Waals surface area contributed by atoms with Crippen LogP contribution in [-0.4, -0.2) is 47.1 Å². The highest BCUT2D eigenvalue weighted by molar-refractivity contribution is 6.12. The maximum atomic E-state index is 12.9. The van der Waals surface area contributed by atoms with E-state index >= 15 is 0 Å². The van der Waals surface area contributed by atoms with Crippen molar-refractivity contribution in [2.75, 3.05) is 18.4 Å². The highest BCUT2D eigenvalue weighted by Crippen LogP contribution is 2.42. The number of amides is 1. The molecule has 0 spiro atoms. The smallest absolute Gasteiger partial charge is 0.406 e. The molecule has 1 saturated heterocycles. The van der Waals surface area contributed by atoms with Crippen LogP contribution >= 0.6 is 0 Å². The van der Waals surface area contributed by atoms with E-state index in [0.29, 0.717) is 18.1 Å². The number of carbonyl (C=O) groups is 2. The number of aromatic amines is 1. The Labute approximate surface area is 191 Å². The summed E-state index contributed by atoms with van der Waals surface area (Å²) >= 11 is 0. The van der Waals surface area contributed by atoms with Crippen LogP contribution in [-0.2, 0) is 4.79 Å². The maximum absolute atomic E-state index is 12.9. The van der Waals surface area contributed by atoms with E-state index in [-0.39, 0.29) is 29.5 Å². The van der Waals surface area contributed by atoms with Crippen LogP contribution in [0.25, 0.3) is 0 Å². The van der Waals surface area contributed by atoms with Gasteiger partial charge in [0.2, 0.25) is 0 Å². The average molecular weight is 469 g/mol. The number of anilines is 1. The summed E-state index contributed by atoms with van der Waals surface area (Å²) in [6, 6.07) is 11.8. The Kier molecular flexibility index (Phi) is 5.40. The summed E-state index contributed by atoms with van der Waals surface area (Å²) in [6.07, 6.45) is -3.20. The zero-order valence-corrected chi connectivity index (χ0v) is 17.5. The summed E-state index contributed by atoms with van der Waals surface area (Å²) in [5.41, 5.74) is 2.63. The Hall–Kier alpha value is -3.99. The van der Waals surface area contributed by atoms with Crippen molar-refractivity contribution in [2.24, 2.45) is 10.9 Å². The molecule has 1 aromatic heterocycles. The Bertz CT molecular complexity index is 1300. The molecule has 5 rings (SSSR count). The fourth-order valence-electron chi connectivity index (χ4n) is 4.36. The molecule has 1 fully saturated rings. The lowest BCUT2D eigenvalue weighted by Gasteiger charge is -2.34. The number of aliphatic imine (C=N–C) groups is 1. The minimum absolute atomic E-state index is 0.00168. The minimum Gasteiger partial charge on any atom is -0.406 e. The molecule has 2 atom stereocenters. The fraction of sp³-hybridized carbons (Fsp3) is 0.217. The number of H-pyrrole nitrogens is 1. The third kappa shape index (κ3) is 4.29. The van der Waals surface area contributed by atoms with E-state index < -0.39 is 23.9 Å². The van der Waals surface area contributed by atoms with E-state index in [1.807, 2.05) is 6.07 Å². The van der Waals surface area contributed by atoms with Crippen molar-refractivity contribution < 1.29 is 27.5 Å². The molecule has 2 aliphatic rings. The number of carbonyl (C=O) groups excluding carboxylic acids is 2. The van der Waals surface area contributed by atoms with Gasteiger partial charge in [-0.2, -0.15) is 5.10 Å². The molecule has 3 aromatic rings.